The maximum absolute atomic E-state index is 11.6. The van der Waals surface area contributed by atoms with Crippen LogP contribution in [0.1, 0.15) is 36.5 Å². The van der Waals surface area contributed by atoms with Crippen LogP contribution in [0.4, 0.5) is 17.1 Å². The quantitative estimate of drug-likeness (QED) is 0.414. The van der Waals surface area contributed by atoms with Crippen molar-refractivity contribution in [1.82, 2.24) is 9.38 Å². The number of aromatic nitrogens is 2. The molecule has 1 aliphatic heterocycles. The van der Waals surface area contributed by atoms with E-state index in [9.17, 15) is 4.79 Å². The second kappa shape index (κ2) is 8.26. The molecule has 0 unspecified atom stereocenters. The summed E-state index contributed by atoms with van der Waals surface area (Å²) in [6.07, 6.45) is 7.68. The van der Waals surface area contributed by atoms with Gasteiger partial charge in [-0.25, -0.2) is 4.98 Å². The molecule has 1 N–H and O–H groups in total. The van der Waals surface area contributed by atoms with Crippen LogP contribution < -0.4 is 10.2 Å². The van der Waals surface area contributed by atoms with Crippen molar-refractivity contribution in [3.05, 3.63) is 78.6 Å². The molecule has 156 valence electrons. The third-order valence-corrected chi connectivity index (χ3v) is 6.00. The van der Waals surface area contributed by atoms with Crippen molar-refractivity contribution < 1.29 is 4.79 Å². The van der Waals surface area contributed by atoms with Gasteiger partial charge in [-0.3, -0.25) is 9.20 Å². The zero-order valence-electron chi connectivity index (χ0n) is 17.7. The number of Topliss-reactive ketones (excluding diaryl/α,β-unsaturated/α-hetero) is 1. The van der Waals surface area contributed by atoms with Crippen molar-refractivity contribution in [2.45, 2.75) is 26.2 Å². The van der Waals surface area contributed by atoms with Gasteiger partial charge < -0.3 is 10.2 Å². The highest BCUT2D eigenvalue weighted by Crippen LogP contribution is 2.29. The van der Waals surface area contributed by atoms with Crippen LogP contribution in [0.2, 0.25) is 0 Å². The predicted molar refractivity (Wildman–Crippen MR) is 126 cm³/mol. The van der Waals surface area contributed by atoms with Gasteiger partial charge in [0, 0.05) is 42.4 Å². The lowest BCUT2D eigenvalue weighted by atomic mass is 10.1. The van der Waals surface area contributed by atoms with E-state index < -0.39 is 0 Å². The fourth-order valence-electron chi connectivity index (χ4n) is 4.29. The number of pyridine rings is 1. The van der Waals surface area contributed by atoms with Crippen LogP contribution in [0.25, 0.3) is 16.9 Å². The molecule has 3 heterocycles. The van der Waals surface area contributed by atoms with E-state index >= 15 is 0 Å². The lowest BCUT2D eigenvalue weighted by molar-refractivity contribution is 0.101. The van der Waals surface area contributed by atoms with Gasteiger partial charge in [0.25, 0.3) is 0 Å². The molecular weight excluding hydrogens is 384 g/mol. The van der Waals surface area contributed by atoms with E-state index in [2.05, 4.69) is 56.0 Å². The molecule has 1 saturated heterocycles. The number of anilines is 3. The van der Waals surface area contributed by atoms with Crippen LogP contribution in [0.3, 0.4) is 0 Å². The summed E-state index contributed by atoms with van der Waals surface area (Å²) in [7, 11) is 0. The fraction of sp³-hybridized carbons (Fsp3) is 0.231. The zero-order chi connectivity index (χ0) is 21.2. The number of carbonyl (C=O) groups is 1. The molecular formula is C26H26N4O. The Morgan fingerprint density at radius 1 is 0.903 bits per heavy atom. The average Bonchev–Trinajstić information content (AvgIpc) is 3.31. The van der Waals surface area contributed by atoms with Gasteiger partial charge in [0.2, 0.25) is 0 Å². The molecule has 0 atom stereocenters. The van der Waals surface area contributed by atoms with E-state index in [0.717, 1.165) is 46.9 Å². The number of hydrogen-bond acceptors (Lipinski definition) is 4. The molecule has 0 aliphatic carbocycles. The van der Waals surface area contributed by atoms with Gasteiger partial charge in [-0.05, 0) is 68.1 Å². The van der Waals surface area contributed by atoms with E-state index in [1.165, 1.54) is 24.9 Å². The molecule has 4 aromatic rings. The van der Waals surface area contributed by atoms with Gasteiger partial charge in [-0.2, -0.15) is 0 Å². The molecule has 0 saturated carbocycles. The number of carbonyl (C=O) groups excluding carboxylic acids is 1. The number of rotatable bonds is 5. The number of ketones is 1. The van der Waals surface area contributed by atoms with Crippen molar-refractivity contribution in [2.24, 2.45) is 0 Å². The number of hydrogen-bond donors (Lipinski definition) is 1. The Bertz CT molecular complexity index is 1200. The smallest absolute Gasteiger partial charge is 0.161 e. The molecule has 5 rings (SSSR count). The normalized spacial score (nSPS) is 14.0. The minimum absolute atomic E-state index is 0.0742. The van der Waals surface area contributed by atoms with Gasteiger partial charge in [-0.15, -0.1) is 0 Å². The SMILES string of the molecule is CC(=O)c1ccc(-c2ccc(Nc3ccc(N4CCCCC4)cc3)c3nccn23)cc1. The van der Waals surface area contributed by atoms with Crippen LogP contribution in [-0.2, 0) is 0 Å². The highest BCUT2D eigenvalue weighted by molar-refractivity contribution is 5.94. The van der Waals surface area contributed by atoms with Gasteiger partial charge in [0.15, 0.2) is 11.4 Å². The molecule has 1 fully saturated rings. The lowest BCUT2D eigenvalue weighted by Crippen LogP contribution is -2.29. The molecule has 31 heavy (non-hydrogen) atoms. The van der Waals surface area contributed by atoms with Gasteiger partial charge in [0.1, 0.15) is 0 Å². The van der Waals surface area contributed by atoms with Gasteiger partial charge in [-0.1, -0.05) is 24.3 Å². The highest BCUT2D eigenvalue weighted by Gasteiger charge is 2.12. The third kappa shape index (κ3) is 3.91. The third-order valence-electron chi connectivity index (χ3n) is 6.00. The van der Waals surface area contributed by atoms with Crippen molar-refractivity contribution >= 4 is 28.5 Å². The number of nitrogens with one attached hydrogen (secondary N) is 1. The first-order valence-corrected chi connectivity index (χ1v) is 10.9. The number of fused-ring (bicyclic) bond motifs is 1. The number of imidazole rings is 1. The largest absolute Gasteiger partial charge is 0.372 e. The fourth-order valence-corrected chi connectivity index (χ4v) is 4.29. The van der Waals surface area contributed by atoms with Crippen molar-refractivity contribution in [3.8, 4) is 11.3 Å². The van der Waals surface area contributed by atoms with Gasteiger partial charge >= 0.3 is 0 Å². The molecule has 0 spiro atoms. The molecule has 2 aromatic heterocycles. The van der Waals surface area contributed by atoms with E-state index in [-0.39, 0.29) is 5.78 Å². The maximum atomic E-state index is 11.6. The number of nitrogens with zero attached hydrogens (tertiary/aromatic N) is 3. The Kier molecular flexibility index (Phi) is 5.16. The Morgan fingerprint density at radius 2 is 1.65 bits per heavy atom. The first kappa shape index (κ1) is 19.4. The molecule has 0 bridgehead atoms. The Hall–Kier alpha value is -3.60. The van der Waals surface area contributed by atoms with Crippen molar-refractivity contribution in [2.75, 3.05) is 23.3 Å². The van der Waals surface area contributed by atoms with Gasteiger partial charge in [0.05, 0.1) is 11.4 Å². The topological polar surface area (TPSA) is 49.6 Å². The first-order chi connectivity index (χ1) is 15.2. The minimum Gasteiger partial charge on any atom is -0.372 e. The predicted octanol–water partition coefficient (Wildman–Crippen LogP) is 5.94. The van der Waals surface area contributed by atoms with E-state index in [4.69, 9.17) is 0 Å². The Balaban J connectivity index is 1.40. The maximum Gasteiger partial charge on any atom is 0.161 e. The minimum atomic E-state index is 0.0742. The summed E-state index contributed by atoms with van der Waals surface area (Å²) in [5.41, 5.74) is 6.97. The van der Waals surface area contributed by atoms with E-state index in [0.29, 0.717) is 0 Å². The lowest BCUT2D eigenvalue weighted by Gasteiger charge is -2.28. The monoisotopic (exact) mass is 410 g/mol. The number of piperidine rings is 1. The summed E-state index contributed by atoms with van der Waals surface area (Å²) in [6.45, 7) is 3.88. The van der Waals surface area contributed by atoms with Crippen LogP contribution in [0, 0.1) is 0 Å². The molecule has 5 nitrogen and oxygen atoms in total. The van der Waals surface area contributed by atoms with Crippen LogP contribution in [0.5, 0.6) is 0 Å². The zero-order valence-corrected chi connectivity index (χ0v) is 17.7. The molecule has 2 aromatic carbocycles. The first-order valence-electron chi connectivity index (χ1n) is 10.9. The standard InChI is InChI=1S/C26H26N4O/c1-19(31)20-5-7-21(8-6-20)25-14-13-24(26-27-15-18-30(25)26)28-22-9-11-23(12-10-22)29-16-3-2-4-17-29/h5-15,18,28H,2-4,16-17H2,1H3. The highest BCUT2D eigenvalue weighted by atomic mass is 16.1. The summed E-state index contributed by atoms with van der Waals surface area (Å²) >= 11 is 0. The average molecular weight is 411 g/mol. The van der Waals surface area contributed by atoms with Crippen molar-refractivity contribution in [1.29, 1.82) is 0 Å². The molecule has 1 aliphatic rings. The van der Waals surface area contributed by atoms with Crippen LogP contribution >= 0.6 is 0 Å². The number of benzene rings is 2. The summed E-state index contributed by atoms with van der Waals surface area (Å²) < 4.78 is 2.08. The Morgan fingerprint density at radius 3 is 2.35 bits per heavy atom. The summed E-state index contributed by atoms with van der Waals surface area (Å²) in [5, 5.41) is 3.52. The second-order valence-electron chi connectivity index (χ2n) is 8.11. The van der Waals surface area contributed by atoms with Crippen LogP contribution in [0.15, 0.2) is 73.1 Å². The molecule has 0 radical (unpaired) electrons. The van der Waals surface area contributed by atoms with E-state index in [1.54, 1.807) is 6.92 Å². The molecule has 0 amide bonds. The Labute approximate surface area is 182 Å². The molecule has 5 heteroatoms. The van der Waals surface area contributed by atoms with E-state index in [1.807, 2.05) is 36.7 Å². The van der Waals surface area contributed by atoms with Crippen LogP contribution in [-0.4, -0.2) is 28.3 Å². The second-order valence-corrected chi connectivity index (χ2v) is 8.11. The summed E-state index contributed by atoms with van der Waals surface area (Å²) in [6, 6.07) is 20.5. The summed E-state index contributed by atoms with van der Waals surface area (Å²) in [4.78, 5) is 18.6. The van der Waals surface area contributed by atoms with Crippen molar-refractivity contribution in [3.63, 3.8) is 0 Å². The summed E-state index contributed by atoms with van der Waals surface area (Å²) in [5.74, 6) is 0.0742.